The number of nitrogens with two attached hydrogens (primary N) is 1. The van der Waals surface area contributed by atoms with Gasteiger partial charge in [0.15, 0.2) is 0 Å². The van der Waals surface area contributed by atoms with Gasteiger partial charge in [0.25, 0.3) is 0 Å². The van der Waals surface area contributed by atoms with Gasteiger partial charge >= 0.3 is 17.9 Å². The Morgan fingerprint density at radius 3 is 2.19 bits per heavy atom. The largest absolute Gasteiger partial charge is 0.480 e. The second-order valence-corrected chi connectivity index (χ2v) is 4.39. The van der Waals surface area contributed by atoms with Gasteiger partial charge in [0.2, 0.25) is 5.78 Å². The SMILES string of the molecule is NC(Cc1ccc(C(=[OH+])CC(=O)C(F)(F)F)cc1)C(=O)O. The van der Waals surface area contributed by atoms with Gasteiger partial charge < -0.3 is 10.8 Å². The van der Waals surface area contributed by atoms with Crippen LogP contribution in [0.25, 0.3) is 0 Å². The molecule has 0 saturated heterocycles. The highest BCUT2D eigenvalue weighted by molar-refractivity contribution is 6.09. The fourth-order valence-corrected chi connectivity index (χ4v) is 1.53. The van der Waals surface area contributed by atoms with Gasteiger partial charge in [-0.3, -0.25) is 14.4 Å². The van der Waals surface area contributed by atoms with Crippen LogP contribution in [0.3, 0.4) is 0 Å². The van der Waals surface area contributed by atoms with Crippen molar-refractivity contribution in [3.63, 3.8) is 0 Å². The highest BCUT2D eigenvalue weighted by Gasteiger charge is 2.40. The third kappa shape index (κ3) is 4.99. The van der Waals surface area contributed by atoms with Gasteiger partial charge in [0.05, 0.1) is 5.56 Å². The molecule has 114 valence electrons. The van der Waals surface area contributed by atoms with Gasteiger partial charge in [-0.1, -0.05) is 12.1 Å². The van der Waals surface area contributed by atoms with Crippen LogP contribution in [0.2, 0.25) is 0 Å². The van der Waals surface area contributed by atoms with Crippen molar-refractivity contribution in [2.24, 2.45) is 5.73 Å². The number of carboxylic acids is 1. The van der Waals surface area contributed by atoms with Gasteiger partial charge in [-0.2, -0.15) is 13.2 Å². The monoisotopic (exact) mass is 304 g/mol. The average Bonchev–Trinajstić information content (AvgIpc) is 2.38. The molecule has 0 heterocycles. The Balaban J connectivity index is 2.72. The molecule has 4 N–H and O–H groups in total. The molecule has 0 aliphatic heterocycles. The number of Topliss-reactive ketones (excluding diaryl/α,β-unsaturated/α-hetero) is 1. The zero-order valence-corrected chi connectivity index (χ0v) is 10.7. The molecule has 1 unspecified atom stereocenters. The molecule has 0 saturated carbocycles. The molecule has 0 aliphatic carbocycles. The number of hydrogen-bond donors (Lipinski definition) is 2. The van der Waals surface area contributed by atoms with Crippen LogP contribution in [0.5, 0.6) is 0 Å². The van der Waals surface area contributed by atoms with Gasteiger partial charge in [0, 0.05) is 0 Å². The minimum atomic E-state index is -5.00. The first-order chi connectivity index (χ1) is 9.61. The first kappa shape index (κ1) is 16.8. The third-order valence-corrected chi connectivity index (χ3v) is 2.70. The van der Waals surface area contributed by atoms with Crippen molar-refractivity contribution in [2.75, 3.05) is 0 Å². The summed E-state index contributed by atoms with van der Waals surface area (Å²) in [5.41, 5.74) is 5.94. The standard InChI is InChI=1S/C13H12F3NO4/c14-13(15,16)11(19)6-10(18)8-3-1-7(2-4-8)5-9(17)12(20)21/h1-4,9H,5-6,17H2,(H,20,21)/p+1. The minimum absolute atomic E-state index is 0.0395. The van der Waals surface area contributed by atoms with Crippen molar-refractivity contribution in [2.45, 2.75) is 25.1 Å². The number of ketones is 2. The molecule has 0 amide bonds. The molecule has 5 nitrogen and oxygen atoms in total. The zero-order valence-electron chi connectivity index (χ0n) is 10.7. The first-order valence-corrected chi connectivity index (χ1v) is 5.83. The molecule has 1 rings (SSSR count). The van der Waals surface area contributed by atoms with E-state index in [0.717, 1.165) is 0 Å². The molecule has 0 fully saturated rings. The van der Waals surface area contributed by atoms with E-state index >= 15 is 0 Å². The van der Waals surface area contributed by atoms with Crippen molar-refractivity contribution >= 4 is 17.5 Å². The van der Waals surface area contributed by atoms with Crippen LogP contribution >= 0.6 is 0 Å². The van der Waals surface area contributed by atoms with Crippen LogP contribution in [-0.4, -0.2) is 39.7 Å². The summed E-state index contributed by atoms with van der Waals surface area (Å²) in [6, 6.07) is 4.34. The van der Waals surface area contributed by atoms with Crippen LogP contribution in [0.4, 0.5) is 13.2 Å². The Kier molecular flexibility index (Phi) is 5.20. The first-order valence-electron chi connectivity index (χ1n) is 5.83. The zero-order chi connectivity index (χ0) is 16.2. The van der Waals surface area contributed by atoms with Gasteiger partial charge in [-0.05, 0) is 24.1 Å². The van der Waals surface area contributed by atoms with Crippen molar-refractivity contribution < 1.29 is 32.7 Å². The summed E-state index contributed by atoms with van der Waals surface area (Å²) >= 11 is 0. The summed E-state index contributed by atoms with van der Waals surface area (Å²) in [6.07, 6.45) is -6.10. The molecule has 21 heavy (non-hydrogen) atoms. The fourth-order valence-electron chi connectivity index (χ4n) is 1.53. The van der Waals surface area contributed by atoms with Crippen LogP contribution < -0.4 is 5.73 Å². The Bertz CT molecular complexity index is 552. The van der Waals surface area contributed by atoms with Crippen molar-refractivity contribution in [1.29, 1.82) is 0 Å². The number of benzene rings is 1. The molecular formula is C13H13F3NO4+. The average molecular weight is 304 g/mol. The third-order valence-electron chi connectivity index (χ3n) is 2.70. The molecule has 8 heteroatoms. The number of alkyl halides is 3. The van der Waals surface area contributed by atoms with Crippen molar-refractivity contribution in [3.8, 4) is 0 Å². The molecular weight excluding hydrogens is 291 g/mol. The summed E-state index contributed by atoms with van der Waals surface area (Å²) in [5, 5.41) is 8.65. The second-order valence-electron chi connectivity index (χ2n) is 4.39. The molecule has 0 bridgehead atoms. The van der Waals surface area contributed by atoms with E-state index in [1.807, 2.05) is 0 Å². The molecule has 1 atom stereocenters. The normalized spacial score (nSPS) is 12.8. The van der Waals surface area contributed by atoms with E-state index < -0.39 is 36.2 Å². The van der Waals surface area contributed by atoms with Crippen LogP contribution in [0.1, 0.15) is 17.5 Å². The van der Waals surface area contributed by atoms with Crippen LogP contribution in [0.15, 0.2) is 24.3 Å². The van der Waals surface area contributed by atoms with Crippen molar-refractivity contribution in [1.82, 2.24) is 0 Å². The van der Waals surface area contributed by atoms with Crippen LogP contribution in [0, 0.1) is 0 Å². The quantitative estimate of drug-likeness (QED) is 0.466. The number of halogens is 3. The maximum Gasteiger partial charge on any atom is 0.450 e. The fraction of sp³-hybridized carbons (Fsp3) is 0.308. The van der Waals surface area contributed by atoms with Gasteiger partial charge in [0.1, 0.15) is 12.5 Å². The Hall–Kier alpha value is -2.22. The molecule has 0 radical (unpaired) electrons. The van der Waals surface area contributed by atoms with Gasteiger partial charge in [-0.15, -0.1) is 0 Å². The summed E-state index contributed by atoms with van der Waals surface area (Å²) in [4.78, 5) is 30.8. The van der Waals surface area contributed by atoms with E-state index in [1.54, 1.807) is 0 Å². The lowest BCUT2D eigenvalue weighted by atomic mass is 10.0. The Morgan fingerprint density at radius 2 is 1.76 bits per heavy atom. The highest BCUT2D eigenvalue weighted by Crippen LogP contribution is 2.19. The predicted octanol–water partition coefficient (Wildman–Crippen LogP) is 1.06. The number of hydrogen-bond acceptors (Lipinski definition) is 3. The number of carbonyl (C=O) groups excluding carboxylic acids is 2. The molecule has 0 aromatic heterocycles. The lowest BCUT2D eigenvalue weighted by Gasteiger charge is -2.06. The Morgan fingerprint density at radius 1 is 1.24 bits per heavy atom. The van der Waals surface area contributed by atoms with E-state index in [9.17, 15) is 27.6 Å². The number of aliphatic carboxylic acids is 1. The lowest BCUT2D eigenvalue weighted by Crippen LogP contribution is -2.32. The van der Waals surface area contributed by atoms with Gasteiger partial charge in [-0.25, -0.2) is 0 Å². The van der Waals surface area contributed by atoms with E-state index in [2.05, 4.69) is 0 Å². The van der Waals surface area contributed by atoms with E-state index in [4.69, 9.17) is 10.8 Å². The Labute approximate surface area is 117 Å². The smallest absolute Gasteiger partial charge is 0.450 e. The van der Waals surface area contributed by atoms with Crippen LogP contribution in [-0.2, 0) is 16.0 Å². The van der Waals surface area contributed by atoms with E-state index in [1.165, 1.54) is 24.3 Å². The maximum absolute atomic E-state index is 12.1. The summed E-state index contributed by atoms with van der Waals surface area (Å²) in [5.74, 6) is -3.92. The molecule has 0 spiro atoms. The van der Waals surface area contributed by atoms with E-state index in [0.29, 0.717) is 5.56 Å². The van der Waals surface area contributed by atoms with Crippen molar-refractivity contribution in [3.05, 3.63) is 35.4 Å². The molecule has 1 aromatic rings. The molecule has 1 aromatic carbocycles. The summed E-state index contributed by atoms with van der Waals surface area (Å²) < 4.78 is 36.2. The minimum Gasteiger partial charge on any atom is -0.480 e. The lowest BCUT2D eigenvalue weighted by molar-refractivity contribution is -0.169. The summed E-state index contributed by atoms with van der Waals surface area (Å²) in [7, 11) is 0. The molecule has 0 aliphatic rings. The topological polar surface area (TPSA) is 102 Å². The number of carboxylic acid groups (broad SMARTS) is 1. The summed E-state index contributed by atoms with van der Waals surface area (Å²) in [6.45, 7) is 0. The second kappa shape index (κ2) is 6.49. The number of carbonyl (C=O) groups is 2. The van der Waals surface area contributed by atoms with E-state index in [-0.39, 0.29) is 12.0 Å². The maximum atomic E-state index is 12.1. The predicted molar refractivity (Wildman–Crippen MR) is 67.5 cm³/mol. The highest BCUT2D eigenvalue weighted by atomic mass is 19.4. The number of rotatable bonds is 6.